The van der Waals surface area contributed by atoms with Crippen LogP contribution >= 0.6 is 0 Å². The van der Waals surface area contributed by atoms with Gasteiger partial charge in [-0.3, -0.25) is 0 Å². The normalized spacial score (nSPS) is 15.4. The maximum atomic E-state index is 5.92. The van der Waals surface area contributed by atoms with Crippen LogP contribution in [0.15, 0.2) is 24.4 Å². The quantitative estimate of drug-likeness (QED) is 0.928. The van der Waals surface area contributed by atoms with Crippen molar-refractivity contribution in [2.75, 3.05) is 12.8 Å². The predicted octanol–water partition coefficient (Wildman–Crippen LogP) is 2.79. The highest BCUT2D eigenvalue weighted by Gasteiger charge is 2.20. The van der Waals surface area contributed by atoms with E-state index in [0.717, 1.165) is 11.3 Å². The first kappa shape index (κ1) is 12.8. The van der Waals surface area contributed by atoms with Crippen LogP contribution in [-0.4, -0.2) is 22.1 Å². The first-order valence-electron chi connectivity index (χ1n) is 6.91. The summed E-state index contributed by atoms with van der Waals surface area (Å²) in [6, 6.07) is 5.60. The van der Waals surface area contributed by atoms with E-state index >= 15 is 0 Å². The van der Waals surface area contributed by atoms with Gasteiger partial charge >= 0.3 is 0 Å². The van der Waals surface area contributed by atoms with E-state index < -0.39 is 0 Å². The zero-order valence-corrected chi connectivity index (χ0v) is 11.5. The van der Waals surface area contributed by atoms with Gasteiger partial charge in [0.25, 0.3) is 0 Å². The Hall–Kier alpha value is -2.17. The van der Waals surface area contributed by atoms with E-state index in [4.69, 9.17) is 10.5 Å². The molecule has 5 heteroatoms. The molecule has 0 amide bonds. The lowest BCUT2D eigenvalue weighted by Crippen LogP contribution is -2.03. The van der Waals surface area contributed by atoms with Crippen molar-refractivity contribution in [1.29, 1.82) is 0 Å². The molecule has 0 bridgehead atoms. The lowest BCUT2D eigenvalue weighted by atomic mass is 10.0. The Morgan fingerprint density at radius 2 is 2.00 bits per heavy atom. The van der Waals surface area contributed by atoms with Crippen LogP contribution < -0.4 is 10.5 Å². The molecule has 5 nitrogen and oxygen atoms in total. The molecule has 0 saturated heterocycles. The number of aromatic nitrogens is 3. The minimum atomic E-state index is 0.519. The molecular weight excluding hydrogens is 252 g/mol. The summed E-state index contributed by atoms with van der Waals surface area (Å²) < 4.78 is 5.06. The van der Waals surface area contributed by atoms with Crippen molar-refractivity contribution < 1.29 is 4.74 Å². The third-order valence-electron chi connectivity index (χ3n) is 3.74. The van der Waals surface area contributed by atoms with Gasteiger partial charge in [0.2, 0.25) is 5.88 Å². The fraction of sp³-hybridized carbons (Fsp3) is 0.400. The Bertz CT molecular complexity index is 591. The number of hydrogen-bond acceptors (Lipinski definition) is 5. The monoisotopic (exact) mass is 270 g/mol. The highest BCUT2D eigenvalue weighted by molar-refractivity contribution is 5.56. The Labute approximate surface area is 118 Å². The van der Waals surface area contributed by atoms with Crippen LogP contribution in [-0.2, 0) is 0 Å². The van der Waals surface area contributed by atoms with E-state index in [1.54, 1.807) is 19.4 Å². The summed E-state index contributed by atoms with van der Waals surface area (Å²) in [5, 5.41) is 0. The average molecular weight is 270 g/mol. The molecule has 2 aromatic heterocycles. The molecule has 1 aliphatic rings. The number of hydrogen-bond donors (Lipinski definition) is 1. The Morgan fingerprint density at radius 1 is 1.20 bits per heavy atom. The number of anilines is 1. The van der Waals surface area contributed by atoms with Crippen molar-refractivity contribution in [2.24, 2.45) is 0 Å². The van der Waals surface area contributed by atoms with Gasteiger partial charge in [-0.15, -0.1) is 0 Å². The highest BCUT2D eigenvalue weighted by atomic mass is 16.5. The van der Waals surface area contributed by atoms with Crippen LogP contribution in [0.1, 0.15) is 37.3 Å². The van der Waals surface area contributed by atoms with Crippen LogP contribution in [0.25, 0.3) is 11.4 Å². The lowest BCUT2D eigenvalue weighted by Gasteiger charge is -2.11. The molecule has 2 aromatic rings. The van der Waals surface area contributed by atoms with Crippen LogP contribution in [0.2, 0.25) is 0 Å². The van der Waals surface area contributed by atoms with Gasteiger partial charge < -0.3 is 10.5 Å². The average Bonchev–Trinajstić information content (AvgIpc) is 3.01. The van der Waals surface area contributed by atoms with Crippen LogP contribution in [0, 0.1) is 0 Å². The van der Waals surface area contributed by atoms with Crippen molar-refractivity contribution in [1.82, 2.24) is 15.0 Å². The molecule has 3 rings (SSSR count). The maximum absolute atomic E-state index is 5.92. The SMILES string of the molecule is COc1ccc(-c2nc(N)cc(C3CCCC3)n2)cn1. The van der Waals surface area contributed by atoms with Crippen LogP contribution in [0.4, 0.5) is 5.82 Å². The van der Waals surface area contributed by atoms with Gasteiger partial charge in [0, 0.05) is 35.5 Å². The second-order valence-electron chi connectivity index (χ2n) is 5.11. The fourth-order valence-electron chi connectivity index (χ4n) is 2.68. The second kappa shape index (κ2) is 5.45. The number of methoxy groups -OCH3 is 1. The third-order valence-corrected chi connectivity index (χ3v) is 3.74. The molecule has 20 heavy (non-hydrogen) atoms. The molecule has 0 unspecified atom stereocenters. The van der Waals surface area contributed by atoms with Crippen molar-refractivity contribution in [2.45, 2.75) is 31.6 Å². The Morgan fingerprint density at radius 3 is 2.65 bits per heavy atom. The van der Waals surface area contributed by atoms with E-state index in [9.17, 15) is 0 Å². The van der Waals surface area contributed by atoms with Crippen LogP contribution in [0.3, 0.4) is 0 Å². The molecule has 104 valence electrons. The van der Waals surface area contributed by atoms with Gasteiger partial charge in [-0.1, -0.05) is 12.8 Å². The number of rotatable bonds is 3. The summed E-state index contributed by atoms with van der Waals surface area (Å²) in [4.78, 5) is 13.2. The summed E-state index contributed by atoms with van der Waals surface area (Å²) in [5.74, 6) is 2.26. The topological polar surface area (TPSA) is 73.9 Å². The van der Waals surface area contributed by atoms with E-state index in [0.29, 0.717) is 23.4 Å². The van der Waals surface area contributed by atoms with Crippen molar-refractivity contribution in [3.05, 3.63) is 30.1 Å². The summed E-state index contributed by atoms with van der Waals surface area (Å²) in [7, 11) is 1.59. The predicted molar refractivity (Wildman–Crippen MR) is 77.4 cm³/mol. The van der Waals surface area contributed by atoms with Gasteiger partial charge in [-0.05, 0) is 18.9 Å². The smallest absolute Gasteiger partial charge is 0.212 e. The summed E-state index contributed by atoms with van der Waals surface area (Å²) in [5.41, 5.74) is 7.84. The molecule has 0 spiro atoms. The standard InChI is InChI=1S/C15H18N4O/c1-20-14-7-6-11(9-17-14)15-18-12(8-13(16)19-15)10-4-2-3-5-10/h6-10H,2-5H2,1H3,(H2,16,18,19). The number of nitrogens with two attached hydrogens (primary N) is 1. The fourth-order valence-corrected chi connectivity index (χ4v) is 2.68. The van der Waals surface area contributed by atoms with Gasteiger partial charge in [-0.25, -0.2) is 15.0 Å². The third kappa shape index (κ3) is 2.57. The molecule has 0 radical (unpaired) electrons. The summed E-state index contributed by atoms with van der Waals surface area (Å²) in [6.45, 7) is 0. The molecule has 0 atom stereocenters. The van der Waals surface area contributed by atoms with Gasteiger partial charge in [-0.2, -0.15) is 0 Å². The van der Waals surface area contributed by atoms with Crippen LogP contribution in [0.5, 0.6) is 5.88 Å². The molecule has 1 saturated carbocycles. The molecule has 2 heterocycles. The Kier molecular flexibility index (Phi) is 3.50. The minimum Gasteiger partial charge on any atom is -0.481 e. The summed E-state index contributed by atoms with van der Waals surface area (Å²) >= 11 is 0. The molecule has 2 N–H and O–H groups in total. The zero-order chi connectivity index (χ0) is 13.9. The lowest BCUT2D eigenvalue weighted by molar-refractivity contribution is 0.398. The van der Waals surface area contributed by atoms with E-state index in [1.807, 2.05) is 12.1 Å². The maximum Gasteiger partial charge on any atom is 0.212 e. The molecular formula is C15H18N4O. The van der Waals surface area contributed by atoms with Gasteiger partial charge in [0.05, 0.1) is 7.11 Å². The van der Waals surface area contributed by atoms with E-state index in [1.165, 1.54) is 25.7 Å². The minimum absolute atomic E-state index is 0.519. The number of nitrogens with zero attached hydrogens (tertiary/aromatic N) is 3. The zero-order valence-electron chi connectivity index (χ0n) is 11.5. The Balaban J connectivity index is 1.95. The number of ether oxygens (including phenoxy) is 1. The van der Waals surface area contributed by atoms with E-state index in [2.05, 4.69) is 15.0 Å². The summed E-state index contributed by atoms with van der Waals surface area (Å²) in [6.07, 6.45) is 6.64. The largest absolute Gasteiger partial charge is 0.481 e. The molecule has 1 fully saturated rings. The van der Waals surface area contributed by atoms with E-state index in [-0.39, 0.29) is 0 Å². The van der Waals surface area contributed by atoms with Crippen molar-refractivity contribution >= 4 is 5.82 Å². The second-order valence-corrected chi connectivity index (χ2v) is 5.11. The highest BCUT2D eigenvalue weighted by Crippen LogP contribution is 2.34. The van der Waals surface area contributed by atoms with Gasteiger partial charge in [0.1, 0.15) is 5.82 Å². The van der Waals surface area contributed by atoms with Crippen molar-refractivity contribution in [3.8, 4) is 17.3 Å². The first-order chi connectivity index (χ1) is 9.76. The van der Waals surface area contributed by atoms with Crippen molar-refractivity contribution in [3.63, 3.8) is 0 Å². The first-order valence-corrected chi connectivity index (χ1v) is 6.91. The molecule has 0 aliphatic heterocycles. The number of nitrogen functional groups attached to an aromatic ring is 1. The molecule has 0 aromatic carbocycles. The molecule has 1 aliphatic carbocycles. The van der Waals surface area contributed by atoms with Gasteiger partial charge in [0.15, 0.2) is 5.82 Å². The number of pyridine rings is 1.